The van der Waals surface area contributed by atoms with Gasteiger partial charge in [0.05, 0.1) is 22.8 Å². The van der Waals surface area contributed by atoms with Crippen molar-refractivity contribution in [2.45, 2.75) is 19.9 Å². The van der Waals surface area contributed by atoms with Crippen molar-refractivity contribution in [3.05, 3.63) is 71.7 Å². The molecule has 4 heteroatoms. The zero-order valence-electron chi connectivity index (χ0n) is 12.6. The van der Waals surface area contributed by atoms with Crippen LogP contribution in [0.25, 0.3) is 10.9 Å². The molecule has 0 aliphatic heterocycles. The van der Waals surface area contributed by atoms with Gasteiger partial charge in [0.15, 0.2) is 0 Å². The molecule has 0 bridgehead atoms. The van der Waals surface area contributed by atoms with E-state index < -0.39 is 0 Å². The summed E-state index contributed by atoms with van der Waals surface area (Å²) in [7, 11) is 0. The Morgan fingerprint density at radius 1 is 1.18 bits per heavy atom. The van der Waals surface area contributed by atoms with E-state index in [9.17, 15) is 4.79 Å². The van der Waals surface area contributed by atoms with Crippen LogP contribution < -0.4 is 5.32 Å². The van der Waals surface area contributed by atoms with Crippen LogP contribution in [0, 0.1) is 6.92 Å². The van der Waals surface area contributed by atoms with E-state index in [1.165, 1.54) is 0 Å². The van der Waals surface area contributed by atoms with Gasteiger partial charge in [0.25, 0.3) is 5.91 Å². The number of benzene rings is 1. The van der Waals surface area contributed by atoms with Crippen molar-refractivity contribution in [3.8, 4) is 0 Å². The van der Waals surface area contributed by atoms with Crippen molar-refractivity contribution in [3.63, 3.8) is 0 Å². The van der Waals surface area contributed by atoms with E-state index in [4.69, 9.17) is 0 Å². The Bertz CT molecular complexity index is 815. The number of nitrogens with zero attached hydrogens (tertiary/aromatic N) is 2. The highest BCUT2D eigenvalue weighted by atomic mass is 16.1. The number of aromatic nitrogens is 2. The number of hydrogen-bond acceptors (Lipinski definition) is 3. The van der Waals surface area contributed by atoms with Crippen LogP contribution >= 0.6 is 0 Å². The van der Waals surface area contributed by atoms with Crippen molar-refractivity contribution in [2.75, 3.05) is 0 Å². The van der Waals surface area contributed by atoms with Crippen molar-refractivity contribution < 1.29 is 4.79 Å². The SMILES string of the molecule is Cc1nc2ccncc2cc1C(=O)NC(C)c1ccccc1. The topological polar surface area (TPSA) is 54.9 Å². The molecule has 0 aliphatic rings. The first-order valence-electron chi connectivity index (χ1n) is 7.22. The molecule has 1 aromatic carbocycles. The Labute approximate surface area is 129 Å². The lowest BCUT2D eigenvalue weighted by Gasteiger charge is -2.15. The summed E-state index contributed by atoms with van der Waals surface area (Å²) in [6.07, 6.45) is 3.42. The van der Waals surface area contributed by atoms with Crippen molar-refractivity contribution >= 4 is 16.8 Å². The number of amides is 1. The molecule has 0 aliphatic carbocycles. The van der Waals surface area contributed by atoms with Gasteiger partial charge in [-0.1, -0.05) is 30.3 Å². The first-order valence-corrected chi connectivity index (χ1v) is 7.22. The second-order valence-corrected chi connectivity index (χ2v) is 5.30. The van der Waals surface area contributed by atoms with Crippen molar-refractivity contribution in [2.24, 2.45) is 0 Å². The molecule has 0 saturated carbocycles. The van der Waals surface area contributed by atoms with Crippen LogP contribution in [0.15, 0.2) is 54.9 Å². The van der Waals surface area contributed by atoms with E-state index in [0.717, 1.165) is 22.2 Å². The minimum atomic E-state index is -0.118. The molecule has 2 heterocycles. The molecular weight excluding hydrogens is 274 g/mol. The van der Waals surface area contributed by atoms with Crippen molar-refractivity contribution in [1.82, 2.24) is 15.3 Å². The molecule has 0 radical (unpaired) electrons. The van der Waals surface area contributed by atoms with Gasteiger partial charge in [-0.15, -0.1) is 0 Å². The molecule has 22 heavy (non-hydrogen) atoms. The highest BCUT2D eigenvalue weighted by molar-refractivity contribution is 5.98. The lowest BCUT2D eigenvalue weighted by molar-refractivity contribution is 0.0939. The van der Waals surface area contributed by atoms with Gasteiger partial charge in [0.1, 0.15) is 0 Å². The van der Waals surface area contributed by atoms with Gasteiger partial charge in [-0.2, -0.15) is 0 Å². The summed E-state index contributed by atoms with van der Waals surface area (Å²) in [5, 5.41) is 3.88. The summed E-state index contributed by atoms with van der Waals surface area (Å²) in [5.41, 5.74) is 3.23. The first-order chi connectivity index (χ1) is 10.6. The summed E-state index contributed by atoms with van der Waals surface area (Å²) in [6, 6.07) is 13.5. The van der Waals surface area contributed by atoms with E-state index in [1.54, 1.807) is 12.4 Å². The number of carbonyl (C=O) groups excluding carboxylic acids is 1. The van der Waals surface area contributed by atoms with Crippen LogP contribution in [0.3, 0.4) is 0 Å². The number of aryl methyl sites for hydroxylation is 1. The molecule has 1 N–H and O–H groups in total. The Morgan fingerprint density at radius 3 is 2.73 bits per heavy atom. The number of pyridine rings is 2. The molecule has 0 spiro atoms. The van der Waals surface area contributed by atoms with Crippen molar-refractivity contribution in [1.29, 1.82) is 0 Å². The van der Waals surface area contributed by atoms with Gasteiger partial charge >= 0.3 is 0 Å². The summed E-state index contributed by atoms with van der Waals surface area (Å²) < 4.78 is 0. The Hall–Kier alpha value is -2.75. The maximum absolute atomic E-state index is 12.5. The summed E-state index contributed by atoms with van der Waals surface area (Å²) in [4.78, 5) is 21.1. The van der Waals surface area contributed by atoms with E-state index in [0.29, 0.717) is 5.56 Å². The average molecular weight is 291 g/mol. The zero-order valence-corrected chi connectivity index (χ0v) is 12.6. The number of fused-ring (bicyclic) bond motifs is 1. The monoisotopic (exact) mass is 291 g/mol. The normalized spacial score (nSPS) is 12.1. The Balaban J connectivity index is 1.87. The van der Waals surface area contributed by atoms with Gasteiger partial charge in [-0.3, -0.25) is 14.8 Å². The number of carbonyl (C=O) groups is 1. The van der Waals surface area contributed by atoms with Crippen LogP contribution in [0.4, 0.5) is 0 Å². The summed E-state index contributed by atoms with van der Waals surface area (Å²) in [6.45, 7) is 3.82. The third-order valence-electron chi connectivity index (χ3n) is 3.70. The van der Waals surface area contributed by atoms with Gasteiger partial charge < -0.3 is 5.32 Å². The molecule has 1 atom stereocenters. The maximum Gasteiger partial charge on any atom is 0.253 e. The van der Waals surface area contributed by atoms with Crippen LogP contribution in [0.2, 0.25) is 0 Å². The molecule has 0 saturated heterocycles. The molecule has 4 nitrogen and oxygen atoms in total. The van der Waals surface area contributed by atoms with E-state index in [-0.39, 0.29) is 11.9 Å². The molecule has 2 aromatic heterocycles. The number of rotatable bonds is 3. The van der Waals surface area contributed by atoms with Gasteiger partial charge in [-0.25, -0.2) is 0 Å². The lowest BCUT2D eigenvalue weighted by atomic mass is 10.1. The second-order valence-electron chi connectivity index (χ2n) is 5.30. The zero-order chi connectivity index (χ0) is 15.5. The lowest BCUT2D eigenvalue weighted by Crippen LogP contribution is -2.27. The summed E-state index contributed by atoms with van der Waals surface area (Å²) in [5.74, 6) is -0.118. The second kappa shape index (κ2) is 5.93. The van der Waals surface area contributed by atoms with E-state index >= 15 is 0 Å². The highest BCUT2D eigenvalue weighted by Gasteiger charge is 2.15. The van der Waals surface area contributed by atoms with E-state index in [2.05, 4.69) is 15.3 Å². The molecule has 110 valence electrons. The quantitative estimate of drug-likeness (QED) is 0.804. The third kappa shape index (κ3) is 2.81. The minimum absolute atomic E-state index is 0.0577. The number of hydrogen-bond donors (Lipinski definition) is 1. The summed E-state index contributed by atoms with van der Waals surface area (Å²) >= 11 is 0. The minimum Gasteiger partial charge on any atom is -0.345 e. The van der Waals surface area contributed by atoms with Crippen LogP contribution in [-0.2, 0) is 0 Å². The highest BCUT2D eigenvalue weighted by Crippen LogP contribution is 2.17. The predicted molar refractivity (Wildman–Crippen MR) is 86.6 cm³/mol. The first kappa shape index (κ1) is 14.2. The van der Waals surface area contributed by atoms with E-state index in [1.807, 2.05) is 56.3 Å². The fourth-order valence-electron chi connectivity index (χ4n) is 2.44. The molecule has 3 aromatic rings. The van der Waals surface area contributed by atoms with Crippen LogP contribution in [0.1, 0.15) is 34.6 Å². The van der Waals surface area contributed by atoms with Gasteiger partial charge in [0.2, 0.25) is 0 Å². The smallest absolute Gasteiger partial charge is 0.253 e. The third-order valence-corrected chi connectivity index (χ3v) is 3.70. The predicted octanol–water partition coefficient (Wildman–Crippen LogP) is 3.43. The van der Waals surface area contributed by atoms with Crippen LogP contribution in [0.5, 0.6) is 0 Å². The largest absolute Gasteiger partial charge is 0.345 e. The fraction of sp³-hybridized carbons (Fsp3) is 0.167. The maximum atomic E-state index is 12.5. The molecule has 1 amide bonds. The Kier molecular flexibility index (Phi) is 3.83. The Morgan fingerprint density at radius 2 is 1.95 bits per heavy atom. The molecule has 1 unspecified atom stereocenters. The average Bonchev–Trinajstić information content (AvgIpc) is 2.54. The van der Waals surface area contributed by atoms with Gasteiger partial charge in [-0.05, 0) is 31.5 Å². The molecular formula is C18H17N3O. The fourth-order valence-corrected chi connectivity index (χ4v) is 2.44. The molecule has 3 rings (SSSR count). The molecule has 0 fully saturated rings. The van der Waals surface area contributed by atoms with Gasteiger partial charge in [0, 0.05) is 17.8 Å². The number of nitrogens with one attached hydrogen (secondary N) is 1. The standard InChI is InChI=1S/C18H17N3O/c1-12(14-6-4-3-5-7-14)21-18(22)16-10-15-11-19-9-8-17(15)20-13(16)2/h3-12H,1-2H3,(H,21,22). The van der Waals surface area contributed by atoms with Crippen LogP contribution in [-0.4, -0.2) is 15.9 Å².